The Hall–Kier alpha value is -0.310. The van der Waals surface area contributed by atoms with Gasteiger partial charge in [0.05, 0.1) is 11.0 Å². The van der Waals surface area contributed by atoms with E-state index in [1.165, 1.54) is 11.8 Å². The molecule has 3 fully saturated rings. The summed E-state index contributed by atoms with van der Waals surface area (Å²) in [5, 5.41) is 9.95. The quantitative estimate of drug-likeness (QED) is 0.403. The maximum absolute atomic E-state index is 12.2. The van der Waals surface area contributed by atoms with Gasteiger partial charge < -0.3 is 9.84 Å². The molecule has 25 heavy (non-hydrogen) atoms. The topological polar surface area (TPSA) is 89.9 Å². The monoisotopic (exact) mass is 392 g/mol. The third-order valence-electron chi connectivity index (χ3n) is 5.64. The van der Waals surface area contributed by atoms with Gasteiger partial charge in [-0.25, -0.2) is 0 Å². The molecule has 6 unspecified atom stereocenters. The van der Waals surface area contributed by atoms with Crippen molar-refractivity contribution in [2.45, 2.75) is 69.9 Å². The highest BCUT2D eigenvalue weighted by Gasteiger charge is 2.65. The highest BCUT2D eigenvalue weighted by molar-refractivity contribution is 8.00. The molecule has 144 valence electrons. The first-order valence-electron chi connectivity index (χ1n) is 8.92. The van der Waals surface area contributed by atoms with Gasteiger partial charge in [-0.3, -0.25) is 8.98 Å². The fourth-order valence-electron chi connectivity index (χ4n) is 4.76. The Balaban J connectivity index is 1.51. The van der Waals surface area contributed by atoms with Crippen molar-refractivity contribution in [1.82, 2.24) is 0 Å². The third kappa shape index (κ3) is 3.73. The van der Waals surface area contributed by atoms with E-state index in [-0.39, 0.29) is 23.0 Å². The molecule has 1 N–H and O–H groups in total. The number of carbonyl (C=O) groups is 1. The number of aliphatic hydroxyl groups excluding tert-OH is 1. The van der Waals surface area contributed by atoms with Crippen LogP contribution < -0.4 is 0 Å². The van der Waals surface area contributed by atoms with Crippen LogP contribution in [0.2, 0.25) is 0 Å². The van der Waals surface area contributed by atoms with E-state index in [9.17, 15) is 18.3 Å². The fourth-order valence-corrected chi connectivity index (χ4v) is 7.55. The smallest absolute Gasteiger partial charge is 0.316 e. The molecule has 2 bridgehead atoms. The van der Waals surface area contributed by atoms with Crippen LogP contribution in [0.5, 0.6) is 0 Å². The SMILES string of the molecule is CC(C)CC(C)(C)C(O)SCC(=O)OC1C2CC3C1OS(=O)(=O)C3C2. The lowest BCUT2D eigenvalue weighted by molar-refractivity contribution is -0.152. The molecule has 2 saturated carbocycles. The first-order chi connectivity index (χ1) is 11.5. The van der Waals surface area contributed by atoms with Gasteiger partial charge >= 0.3 is 5.97 Å². The second kappa shape index (κ2) is 6.69. The summed E-state index contributed by atoms with van der Waals surface area (Å²) in [6.45, 7) is 8.18. The predicted octanol–water partition coefficient (Wildman–Crippen LogP) is 2.16. The summed E-state index contributed by atoms with van der Waals surface area (Å²) in [4.78, 5) is 12.2. The number of ether oxygens (including phenoxy) is 1. The maximum Gasteiger partial charge on any atom is 0.316 e. The number of rotatable bonds is 7. The number of hydrogen-bond donors (Lipinski definition) is 1. The van der Waals surface area contributed by atoms with Crippen molar-refractivity contribution in [1.29, 1.82) is 0 Å². The van der Waals surface area contributed by atoms with Crippen LogP contribution in [0.3, 0.4) is 0 Å². The zero-order chi connectivity index (χ0) is 18.6. The van der Waals surface area contributed by atoms with Crippen molar-refractivity contribution in [2.24, 2.45) is 23.2 Å². The average molecular weight is 393 g/mol. The molecule has 6 atom stereocenters. The van der Waals surface area contributed by atoms with Crippen LogP contribution in [0.25, 0.3) is 0 Å². The molecule has 0 aromatic carbocycles. The molecule has 1 saturated heterocycles. The molecular weight excluding hydrogens is 364 g/mol. The van der Waals surface area contributed by atoms with Crippen molar-refractivity contribution in [3.8, 4) is 0 Å². The van der Waals surface area contributed by atoms with Gasteiger partial charge in [0.1, 0.15) is 17.6 Å². The second-order valence-electron chi connectivity index (χ2n) is 8.69. The standard InChI is InChI=1S/C17H28O6S2/c1-9(2)7-17(3,4)16(19)24-8-13(18)22-14-10-5-11-12(6-10)25(20,21)23-15(11)14/h9-12,14-16,19H,5-8H2,1-4H3. The van der Waals surface area contributed by atoms with Gasteiger partial charge in [-0.05, 0) is 25.2 Å². The van der Waals surface area contributed by atoms with Crippen molar-refractivity contribution in [2.75, 3.05) is 5.75 Å². The minimum Gasteiger partial charge on any atom is -0.459 e. The van der Waals surface area contributed by atoms with Gasteiger partial charge in [0.25, 0.3) is 10.1 Å². The zero-order valence-electron chi connectivity index (χ0n) is 15.2. The Morgan fingerprint density at radius 3 is 2.68 bits per heavy atom. The maximum atomic E-state index is 12.2. The lowest BCUT2D eigenvalue weighted by atomic mass is 9.85. The molecule has 1 aliphatic heterocycles. The normalized spacial score (nSPS) is 36.8. The molecular formula is C17H28O6S2. The van der Waals surface area contributed by atoms with Crippen LogP contribution in [0.4, 0.5) is 0 Å². The lowest BCUT2D eigenvalue weighted by Gasteiger charge is -2.31. The van der Waals surface area contributed by atoms with Gasteiger partial charge in [0.2, 0.25) is 0 Å². The molecule has 0 aromatic heterocycles. The molecule has 0 radical (unpaired) electrons. The molecule has 6 nitrogen and oxygen atoms in total. The van der Waals surface area contributed by atoms with Crippen molar-refractivity contribution in [3.05, 3.63) is 0 Å². The van der Waals surface area contributed by atoms with Crippen molar-refractivity contribution >= 4 is 27.8 Å². The molecule has 1 heterocycles. The third-order valence-corrected chi connectivity index (χ3v) is 8.77. The van der Waals surface area contributed by atoms with E-state index in [0.29, 0.717) is 12.3 Å². The van der Waals surface area contributed by atoms with Crippen molar-refractivity contribution in [3.63, 3.8) is 0 Å². The largest absolute Gasteiger partial charge is 0.459 e. The minimum atomic E-state index is -3.49. The summed E-state index contributed by atoms with van der Waals surface area (Å²) >= 11 is 1.18. The molecule has 3 rings (SSSR count). The van der Waals surface area contributed by atoms with Gasteiger partial charge in [-0.2, -0.15) is 8.42 Å². The fraction of sp³-hybridized carbons (Fsp3) is 0.941. The van der Waals surface area contributed by atoms with E-state index in [1.807, 2.05) is 13.8 Å². The summed E-state index contributed by atoms with van der Waals surface area (Å²) in [6, 6.07) is 0. The van der Waals surface area contributed by atoms with Crippen LogP contribution in [0, 0.1) is 23.2 Å². The van der Waals surface area contributed by atoms with Gasteiger partial charge in [0.15, 0.2) is 0 Å². The number of fused-ring (bicyclic) bond motifs is 1. The first kappa shape index (κ1) is 19.5. The van der Waals surface area contributed by atoms with Crippen molar-refractivity contribution < 1.29 is 27.2 Å². The summed E-state index contributed by atoms with van der Waals surface area (Å²) in [5.41, 5.74) is -0.948. The first-order valence-corrected chi connectivity index (χ1v) is 11.4. The molecule has 0 aromatic rings. The van der Waals surface area contributed by atoms with Crippen LogP contribution in [-0.2, 0) is 23.8 Å². The summed E-state index contributed by atoms with van der Waals surface area (Å²) in [5.74, 6) is 0.149. The Bertz CT molecular complexity index is 629. The van der Waals surface area contributed by atoms with E-state index in [0.717, 1.165) is 12.8 Å². The summed E-state index contributed by atoms with van der Waals surface area (Å²) in [6.07, 6.45) is 1.16. The summed E-state index contributed by atoms with van der Waals surface area (Å²) < 4.78 is 34.6. The highest BCUT2D eigenvalue weighted by atomic mass is 32.2. The van der Waals surface area contributed by atoms with Crippen LogP contribution in [0.15, 0.2) is 0 Å². The van der Waals surface area contributed by atoms with E-state index < -0.39 is 39.0 Å². The molecule has 3 aliphatic rings. The number of aliphatic hydroxyl groups is 1. The van der Waals surface area contributed by atoms with Crippen LogP contribution in [-0.4, -0.2) is 48.1 Å². The Morgan fingerprint density at radius 1 is 1.36 bits per heavy atom. The molecule has 0 spiro atoms. The van der Waals surface area contributed by atoms with E-state index >= 15 is 0 Å². The molecule has 2 aliphatic carbocycles. The number of hydrogen-bond acceptors (Lipinski definition) is 7. The number of esters is 1. The average Bonchev–Trinajstić information content (AvgIpc) is 3.07. The zero-order valence-corrected chi connectivity index (χ0v) is 16.8. The number of carbonyl (C=O) groups excluding carboxylic acids is 1. The highest BCUT2D eigenvalue weighted by Crippen LogP contribution is 2.55. The summed E-state index contributed by atoms with van der Waals surface area (Å²) in [7, 11) is -3.49. The Labute approximate surface area is 154 Å². The molecule has 0 amide bonds. The lowest BCUT2D eigenvalue weighted by Crippen LogP contribution is -2.38. The Morgan fingerprint density at radius 2 is 2.04 bits per heavy atom. The predicted molar refractivity (Wildman–Crippen MR) is 95.4 cm³/mol. The van der Waals surface area contributed by atoms with E-state index in [2.05, 4.69) is 13.8 Å². The Kier molecular flexibility index (Phi) is 5.21. The van der Waals surface area contributed by atoms with Crippen LogP contribution >= 0.6 is 11.8 Å². The number of thioether (sulfide) groups is 1. The van der Waals surface area contributed by atoms with Gasteiger partial charge in [-0.15, -0.1) is 11.8 Å². The van der Waals surface area contributed by atoms with E-state index in [4.69, 9.17) is 8.92 Å². The minimum absolute atomic E-state index is 0.0315. The van der Waals surface area contributed by atoms with E-state index in [1.54, 1.807) is 0 Å². The molecule has 8 heteroatoms. The van der Waals surface area contributed by atoms with Gasteiger partial charge in [0, 0.05) is 17.3 Å². The van der Waals surface area contributed by atoms with Crippen LogP contribution in [0.1, 0.15) is 47.0 Å². The second-order valence-corrected chi connectivity index (χ2v) is 11.5. The van der Waals surface area contributed by atoms with Gasteiger partial charge in [-0.1, -0.05) is 27.7 Å².